The van der Waals surface area contributed by atoms with Gasteiger partial charge in [-0.15, -0.1) is 0 Å². The largest absolute Gasteiger partial charge is 0.372 e. The second-order valence-corrected chi connectivity index (χ2v) is 8.67. The highest BCUT2D eigenvalue weighted by Crippen LogP contribution is 2.22. The Kier molecular flexibility index (Phi) is 6.00. The molecule has 1 amide bonds. The minimum Gasteiger partial charge on any atom is -0.372 e. The van der Waals surface area contributed by atoms with Gasteiger partial charge in [0.15, 0.2) is 0 Å². The molecule has 0 saturated carbocycles. The number of fused-ring (bicyclic) bond motifs is 3. The first-order valence-corrected chi connectivity index (χ1v) is 11.4. The van der Waals surface area contributed by atoms with Gasteiger partial charge in [0.25, 0.3) is 5.91 Å². The third-order valence-electron chi connectivity index (χ3n) is 6.57. The number of hydrogen-bond acceptors (Lipinski definition) is 4. The number of aromatic nitrogens is 2. The number of nitrogens with one attached hydrogen (secondary N) is 1. The van der Waals surface area contributed by atoms with E-state index in [-0.39, 0.29) is 5.91 Å². The minimum absolute atomic E-state index is 0.0249. The summed E-state index contributed by atoms with van der Waals surface area (Å²) in [5, 5.41) is 3.08. The summed E-state index contributed by atoms with van der Waals surface area (Å²) in [6.07, 6.45) is 3.64. The standard InChI is InChI=1S/C25H30N4O2/c30-25(21-6-7-23-22(17-21)27-24-18-31-15-14-29(23)24)26-10-13-28-11-8-20(9-12-28)16-19-4-2-1-3-5-19/h1-7,17,20H,8-16,18H2,(H,26,30). The smallest absolute Gasteiger partial charge is 0.251 e. The number of carbonyl (C=O) groups is 1. The quantitative estimate of drug-likeness (QED) is 0.668. The average Bonchev–Trinajstić information content (AvgIpc) is 3.19. The Balaban J connectivity index is 1.09. The predicted octanol–water partition coefficient (Wildman–Crippen LogP) is 3.25. The van der Waals surface area contributed by atoms with E-state index in [0.29, 0.717) is 25.3 Å². The summed E-state index contributed by atoms with van der Waals surface area (Å²) in [6.45, 7) is 5.88. The normalized spacial score (nSPS) is 17.5. The first-order valence-electron chi connectivity index (χ1n) is 11.4. The molecule has 3 aromatic rings. The molecule has 2 aliphatic heterocycles. The molecule has 31 heavy (non-hydrogen) atoms. The second-order valence-electron chi connectivity index (χ2n) is 8.67. The van der Waals surface area contributed by atoms with Crippen LogP contribution in [0.5, 0.6) is 0 Å². The highest BCUT2D eigenvalue weighted by atomic mass is 16.5. The minimum atomic E-state index is -0.0249. The molecule has 6 heteroatoms. The van der Waals surface area contributed by atoms with Crippen LogP contribution in [-0.2, 0) is 24.3 Å². The summed E-state index contributed by atoms with van der Waals surface area (Å²) >= 11 is 0. The van der Waals surface area contributed by atoms with Crippen molar-refractivity contribution in [2.75, 3.05) is 32.8 Å². The summed E-state index contributed by atoms with van der Waals surface area (Å²) in [5.41, 5.74) is 4.06. The van der Waals surface area contributed by atoms with Gasteiger partial charge in [-0.25, -0.2) is 4.98 Å². The van der Waals surface area contributed by atoms with Crippen molar-refractivity contribution in [3.63, 3.8) is 0 Å². The van der Waals surface area contributed by atoms with Gasteiger partial charge in [-0.3, -0.25) is 4.79 Å². The third-order valence-corrected chi connectivity index (χ3v) is 6.57. The molecule has 1 fully saturated rings. The van der Waals surface area contributed by atoms with Gasteiger partial charge in [0.05, 0.1) is 17.6 Å². The Labute approximate surface area is 183 Å². The zero-order valence-electron chi connectivity index (χ0n) is 17.9. The highest BCUT2D eigenvalue weighted by molar-refractivity contribution is 5.97. The Morgan fingerprint density at radius 1 is 1.10 bits per heavy atom. The van der Waals surface area contributed by atoms with Crippen molar-refractivity contribution in [1.82, 2.24) is 19.8 Å². The zero-order valence-corrected chi connectivity index (χ0v) is 17.9. The molecule has 1 aromatic heterocycles. The molecule has 0 aliphatic carbocycles. The molecular formula is C25H30N4O2. The Morgan fingerprint density at radius 2 is 1.94 bits per heavy atom. The van der Waals surface area contributed by atoms with Crippen LogP contribution in [-0.4, -0.2) is 53.1 Å². The summed E-state index contributed by atoms with van der Waals surface area (Å²) in [7, 11) is 0. The Hall–Kier alpha value is -2.70. The zero-order chi connectivity index (χ0) is 21.0. The van der Waals surface area contributed by atoms with E-state index in [1.54, 1.807) is 0 Å². The summed E-state index contributed by atoms with van der Waals surface area (Å²) in [4.78, 5) is 19.7. The predicted molar refractivity (Wildman–Crippen MR) is 121 cm³/mol. The lowest BCUT2D eigenvalue weighted by atomic mass is 9.90. The fourth-order valence-electron chi connectivity index (χ4n) is 4.79. The molecule has 3 heterocycles. The third kappa shape index (κ3) is 4.65. The molecule has 0 atom stereocenters. The van der Waals surface area contributed by atoms with E-state index in [2.05, 4.69) is 50.1 Å². The molecule has 0 bridgehead atoms. The SMILES string of the molecule is O=C(NCCN1CCC(Cc2ccccc2)CC1)c1ccc2c(c1)nc1n2CCOC1. The number of imidazole rings is 1. The molecule has 1 N–H and O–H groups in total. The maximum Gasteiger partial charge on any atom is 0.251 e. The van der Waals surface area contributed by atoms with Crippen LogP contribution >= 0.6 is 0 Å². The summed E-state index contributed by atoms with van der Waals surface area (Å²) in [6, 6.07) is 16.6. The second kappa shape index (κ2) is 9.20. The highest BCUT2D eigenvalue weighted by Gasteiger charge is 2.20. The molecule has 1 saturated heterocycles. The summed E-state index contributed by atoms with van der Waals surface area (Å²) < 4.78 is 7.67. The molecule has 2 aliphatic rings. The van der Waals surface area contributed by atoms with Gasteiger partial charge in [0.1, 0.15) is 12.4 Å². The average molecular weight is 419 g/mol. The van der Waals surface area contributed by atoms with E-state index in [9.17, 15) is 4.79 Å². The maximum atomic E-state index is 12.6. The van der Waals surface area contributed by atoms with E-state index < -0.39 is 0 Å². The van der Waals surface area contributed by atoms with E-state index >= 15 is 0 Å². The van der Waals surface area contributed by atoms with Gasteiger partial charge in [-0.05, 0) is 62.0 Å². The molecule has 0 unspecified atom stereocenters. The maximum absolute atomic E-state index is 12.6. The van der Waals surface area contributed by atoms with Crippen LogP contribution in [0.15, 0.2) is 48.5 Å². The number of amides is 1. The van der Waals surface area contributed by atoms with Gasteiger partial charge in [0, 0.05) is 25.2 Å². The molecule has 2 aromatic carbocycles. The molecule has 162 valence electrons. The number of likely N-dealkylation sites (tertiary alicyclic amines) is 1. The number of benzene rings is 2. The lowest BCUT2D eigenvalue weighted by Gasteiger charge is -2.32. The van der Waals surface area contributed by atoms with Gasteiger partial charge >= 0.3 is 0 Å². The molecular weight excluding hydrogens is 388 g/mol. The first-order chi connectivity index (χ1) is 15.3. The number of rotatable bonds is 6. The van der Waals surface area contributed by atoms with E-state index in [1.807, 2.05) is 18.2 Å². The Bertz CT molecular complexity index is 1040. The fourth-order valence-corrected chi connectivity index (χ4v) is 4.79. The van der Waals surface area contributed by atoms with Crippen molar-refractivity contribution in [1.29, 1.82) is 0 Å². The van der Waals surface area contributed by atoms with Crippen molar-refractivity contribution in [3.05, 3.63) is 65.5 Å². The van der Waals surface area contributed by atoms with Gasteiger partial charge < -0.3 is 19.5 Å². The van der Waals surface area contributed by atoms with Crippen LogP contribution in [0.1, 0.15) is 34.6 Å². The molecule has 0 radical (unpaired) electrons. The van der Waals surface area contributed by atoms with Crippen LogP contribution < -0.4 is 5.32 Å². The van der Waals surface area contributed by atoms with Crippen molar-refractivity contribution >= 4 is 16.9 Å². The molecule has 0 spiro atoms. The number of nitrogens with zero attached hydrogens (tertiary/aromatic N) is 3. The van der Waals surface area contributed by atoms with Crippen LogP contribution in [0.2, 0.25) is 0 Å². The number of hydrogen-bond donors (Lipinski definition) is 1. The topological polar surface area (TPSA) is 59.4 Å². The van der Waals surface area contributed by atoms with Gasteiger partial charge in [-0.2, -0.15) is 0 Å². The Morgan fingerprint density at radius 3 is 2.77 bits per heavy atom. The van der Waals surface area contributed by atoms with Crippen LogP contribution in [0.3, 0.4) is 0 Å². The first kappa shape index (κ1) is 20.2. The van der Waals surface area contributed by atoms with E-state index in [0.717, 1.165) is 49.0 Å². The molecule has 5 rings (SSSR count). The van der Waals surface area contributed by atoms with Crippen LogP contribution in [0.4, 0.5) is 0 Å². The van der Waals surface area contributed by atoms with Crippen LogP contribution in [0, 0.1) is 5.92 Å². The number of carbonyl (C=O) groups excluding carboxylic acids is 1. The van der Waals surface area contributed by atoms with Crippen molar-refractivity contribution in [3.8, 4) is 0 Å². The summed E-state index contributed by atoms with van der Waals surface area (Å²) in [5.74, 6) is 1.68. The lowest BCUT2D eigenvalue weighted by molar-refractivity contribution is 0.0830. The van der Waals surface area contributed by atoms with Gasteiger partial charge in [-0.1, -0.05) is 30.3 Å². The fraction of sp³-hybridized carbons (Fsp3) is 0.440. The van der Waals surface area contributed by atoms with Gasteiger partial charge in [0.2, 0.25) is 0 Å². The van der Waals surface area contributed by atoms with E-state index in [4.69, 9.17) is 4.74 Å². The molecule has 6 nitrogen and oxygen atoms in total. The monoisotopic (exact) mass is 418 g/mol. The van der Waals surface area contributed by atoms with Crippen molar-refractivity contribution in [2.45, 2.75) is 32.4 Å². The van der Waals surface area contributed by atoms with Crippen molar-refractivity contribution < 1.29 is 9.53 Å². The lowest BCUT2D eigenvalue weighted by Crippen LogP contribution is -2.39. The number of ether oxygens (including phenoxy) is 1. The van der Waals surface area contributed by atoms with E-state index in [1.165, 1.54) is 24.8 Å². The van der Waals surface area contributed by atoms with Crippen LogP contribution in [0.25, 0.3) is 11.0 Å². The van der Waals surface area contributed by atoms with Crippen molar-refractivity contribution in [2.24, 2.45) is 5.92 Å². The number of piperidine rings is 1.